The van der Waals surface area contributed by atoms with Crippen molar-refractivity contribution in [3.05, 3.63) is 54.4 Å². The van der Waals surface area contributed by atoms with Gasteiger partial charge in [-0.3, -0.25) is 14.7 Å². The van der Waals surface area contributed by atoms with Gasteiger partial charge in [0.2, 0.25) is 5.91 Å². The third-order valence-corrected chi connectivity index (χ3v) is 5.32. The van der Waals surface area contributed by atoms with Crippen molar-refractivity contribution < 1.29 is 23.1 Å². The number of carbonyl (C=O) groups is 2. The number of halogens is 2. The summed E-state index contributed by atoms with van der Waals surface area (Å²) in [6, 6.07) is 6.49. The van der Waals surface area contributed by atoms with Gasteiger partial charge in [-0.05, 0) is 37.1 Å². The molecule has 158 valence electrons. The van der Waals surface area contributed by atoms with Gasteiger partial charge in [-0.25, -0.2) is 13.6 Å². The molecule has 2 aromatic rings. The molecule has 0 bridgehead atoms. The highest BCUT2D eigenvalue weighted by Gasteiger charge is 2.33. The summed E-state index contributed by atoms with van der Waals surface area (Å²) in [7, 11) is 0. The fraction of sp³-hybridized carbons (Fsp3) is 0.381. The molecule has 2 aliphatic heterocycles. The molecule has 7 nitrogen and oxygen atoms in total. The van der Waals surface area contributed by atoms with Crippen LogP contribution in [0.3, 0.4) is 0 Å². The first kappa shape index (κ1) is 20.1. The quantitative estimate of drug-likeness (QED) is 0.752. The van der Waals surface area contributed by atoms with Crippen LogP contribution in [0.2, 0.25) is 0 Å². The summed E-state index contributed by atoms with van der Waals surface area (Å²) in [5.41, 5.74) is 0.276. The van der Waals surface area contributed by atoms with Gasteiger partial charge in [0, 0.05) is 43.8 Å². The Morgan fingerprint density at radius 3 is 2.67 bits per heavy atom. The van der Waals surface area contributed by atoms with Gasteiger partial charge in [0.25, 0.3) is 0 Å². The number of piperidine rings is 1. The predicted molar refractivity (Wildman–Crippen MR) is 105 cm³/mol. The minimum atomic E-state index is -1.01. The smallest absolute Gasteiger partial charge is 0.325 e. The number of pyridine rings is 1. The standard InChI is InChI=1S/C21H22F2N4O3/c22-18-4-3-15(12-19(18)23)27-11-10-26(21(27)29)14-20(28)25-9-1-2-17(13-25)30-16-5-7-24-8-6-16/h3-8,12,17H,1-2,9-11,13-14H2. The average Bonchev–Trinajstić information content (AvgIpc) is 3.11. The van der Waals surface area contributed by atoms with E-state index in [1.54, 1.807) is 29.4 Å². The molecular formula is C21H22F2N4O3. The van der Waals surface area contributed by atoms with Crippen molar-refractivity contribution in [2.75, 3.05) is 37.6 Å². The normalized spacial score (nSPS) is 19.3. The lowest BCUT2D eigenvalue weighted by Gasteiger charge is -2.33. The number of anilines is 1. The van der Waals surface area contributed by atoms with E-state index in [1.165, 1.54) is 15.9 Å². The van der Waals surface area contributed by atoms with Gasteiger partial charge in [-0.1, -0.05) is 0 Å². The lowest BCUT2D eigenvalue weighted by molar-refractivity contribution is -0.134. The maximum atomic E-state index is 13.5. The van der Waals surface area contributed by atoms with Crippen LogP contribution < -0.4 is 9.64 Å². The van der Waals surface area contributed by atoms with Crippen LogP contribution in [0.1, 0.15) is 12.8 Å². The number of benzene rings is 1. The minimum Gasteiger partial charge on any atom is -0.488 e. The number of hydrogen-bond acceptors (Lipinski definition) is 4. The number of carbonyl (C=O) groups excluding carboxylic acids is 2. The van der Waals surface area contributed by atoms with E-state index < -0.39 is 17.7 Å². The van der Waals surface area contributed by atoms with Gasteiger partial charge in [0.15, 0.2) is 11.6 Å². The molecule has 2 saturated heterocycles. The number of amides is 3. The lowest BCUT2D eigenvalue weighted by atomic mass is 10.1. The second kappa shape index (κ2) is 8.64. The van der Waals surface area contributed by atoms with Gasteiger partial charge in [-0.2, -0.15) is 0 Å². The zero-order valence-corrected chi connectivity index (χ0v) is 16.3. The molecule has 0 radical (unpaired) electrons. The first-order chi connectivity index (χ1) is 14.5. The zero-order valence-electron chi connectivity index (χ0n) is 16.3. The van der Waals surface area contributed by atoms with Crippen LogP contribution in [0.15, 0.2) is 42.7 Å². The van der Waals surface area contributed by atoms with Crippen molar-refractivity contribution in [3.63, 3.8) is 0 Å². The van der Waals surface area contributed by atoms with Gasteiger partial charge < -0.3 is 14.5 Å². The van der Waals surface area contributed by atoms with Crippen LogP contribution in [0.25, 0.3) is 0 Å². The summed E-state index contributed by atoms with van der Waals surface area (Å²) in [6.45, 7) is 1.67. The molecule has 0 spiro atoms. The fourth-order valence-electron chi connectivity index (χ4n) is 3.76. The Hall–Kier alpha value is -3.23. The Balaban J connectivity index is 1.34. The molecule has 2 aliphatic rings. The van der Waals surface area contributed by atoms with Crippen LogP contribution in [-0.4, -0.2) is 65.5 Å². The highest BCUT2D eigenvalue weighted by Crippen LogP contribution is 2.23. The maximum absolute atomic E-state index is 13.5. The largest absolute Gasteiger partial charge is 0.488 e. The molecular weight excluding hydrogens is 394 g/mol. The van der Waals surface area contributed by atoms with Gasteiger partial charge in [0.05, 0.1) is 6.54 Å². The first-order valence-electron chi connectivity index (χ1n) is 9.87. The fourth-order valence-corrected chi connectivity index (χ4v) is 3.76. The summed E-state index contributed by atoms with van der Waals surface area (Å²) in [6.07, 6.45) is 4.85. The van der Waals surface area contributed by atoms with E-state index >= 15 is 0 Å². The van der Waals surface area contributed by atoms with Crippen molar-refractivity contribution in [3.8, 4) is 5.75 Å². The summed E-state index contributed by atoms with van der Waals surface area (Å²) in [5, 5.41) is 0. The molecule has 2 fully saturated rings. The van der Waals surface area contributed by atoms with E-state index in [-0.39, 0.29) is 24.2 Å². The van der Waals surface area contributed by atoms with Crippen LogP contribution in [0.4, 0.5) is 19.3 Å². The number of aromatic nitrogens is 1. The van der Waals surface area contributed by atoms with Crippen LogP contribution in [-0.2, 0) is 4.79 Å². The molecule has 1 unspecified atom stereocenters. The van der Waals surface area contributed by atoms with E-state index in [9.17, 15) is 18.4 Å². The van der Waals surface area contributed by atoms with Crippen molar-refractivity contribution in [2.45, 2.75) is 18.9 Å². The van der Waals surface area contributed by atoms with Gasteiger partial charge in [-0.15, -0.1) is 0 Å². The third-order valence-electron chi connectivity index (χ3n) is 5.32. The van der Waals surface area contributed by atoms with Crippen LogP contribution in [0.5, 0.6) is 5.75 Å². The number of hydrogen-bond donors (Lipinski definition) is 0. The van der Waals surface area contributed by atoms with Crippen molar-refractivity contribution in [1.29, 1.82) is 0 Å². The number of rotatable bonds is 5. The maximum Gasteiger partial charge on any atom is 0.325 e. The second-order valence-corrected chi connectivity index (χ2v) is 7.36. The van der Waals surface area contributed by atoms with Crippen LogP contribution in [0, 0.1) is 11.6 Å². The number of ether oxygens (including phenoxy) is 1. The van der Waals surface area contributed by atoms with Crippen LogP contribution >= 0.6 is 0 Å². The number of nitrogens with zero attached hydrogens (tertiary/aromatic N) is 4. The molecule has 4 rings (SSSR count). The summed E-state index contributed by atoms with van der Waals surface area (Å²) in [5.74, 6) is -1.42. The van der Waals surface area contributed by atoms with E-state index in [2.05, 4.69) is 4.98 Å². The Morgan fingerprint density at radius 2 is 1.90 bits per heavy atom. The molecule has 1 aromatic heterocycles. The van der Waals surface area contributed by atoms with Crippen molar-refractivity contribution in [1.82, 2.24) is 14.8 Å². The minimum absolute atomic E-state index is 0.0546. The number of urea groups is 1. The summed E-state index contributed by atoms with van der Waals surface area (Å²) >= 11 is 0. The van der Waals surface area contributed by atoms with Gasteiger partial charge >= 0.3 is 6.03 Å². The zero-order chi connectivity index (χ0) is 21.1. The molecule has 9 heteroatoms. The van der Waals surface area contributed by atoms with Crippen molar-refractivity contribution >= 4 is 17.6 Å². The molecule has 3 heterocycles. The SMILES string of the molecule is O=C(CN1CCN(c2ccc(F)c(F)c2)C1=O)N1CCCC(Oc2ccncc2)C1. The van der Waals surface area contributed by atoms with E-state index in [4.69, 9.17) is 4.74 Å². The molecule has 0 aliphatic carbocycles. The lowest BCUT2D eigenvalue weighted by Crippen LogP contribution is -2.48. The van der Waals surface area contributed by atoms with E-state index in [0.717, 1.165) is 25.0 Å². The second-order valence-electron chi connectivity index (χ2n) is 7.36. The molecule has 1 atom stereocenters. The van der Waals surface area contributed by atoms with E-state index in [0.29, 0.717) is 31.9 Å². The number of likely N-dealkylation sites (tertiary alicyclic amines) is 1. The predicted octanol–water partition coefficient (Wildman–Crippen LogP) is 2.67. The Morgan fingerprint density at radius 1 is 1.10 bits per heavy atom. The Kier molecular flexibility index (Phi) is 5.78. The molecule has 0 N–H and O–H groups in total. The van der Waals surface area contributed by atoms with Crippen molar-refractivity contribution in [2.24, 2.45) is 0 Å². The Bertz CT molecular complexity index is 928. The third kappa shape index (κ3) is 4.34. The highest BCUT2D eigenvalue weighted by molar-refractivity contribution is 5.96. The van der Waals surface area contributed by atoms with E-state index in [1.807, 2.05) is 0 Å². The molecule has 30 heavy (non-hydrogen) atoms. The molecule has 1 aromatic carbocycles. The first-order valence-corrected chi connectivity index (χ1v) is 9.87. The summed E-state index contributed by atoms with van der Waals surface area (Å²) < 4.78 is 32.6. The molecule has 0 saturated carbocycles. The summed E-state index contributed by atoms with van der Waals surface area (Å²) in [4.78, 5) is 33.9. The average molecular weight is 416 g/mol. The highest BCUT2D eigenvalue weighted by atomic mass is 19.2. The Labute approximate surface area is 172 Å². The monoisotopic (exact) mass is 416 g/mol. The van der Waals surface area contributed by atoms with Gasteiger partial charge in [0.1, 0.15) is 18.4 Å². The topological polar surface area (TPSA) is 66.0 Å². The molecule has 3 amide bonds.